The average molecular weight is 353 g/mol. The van der Waals surface area contributed by atoms with Crippen LogP contribution in [0.3, 0.4) is 0 Å². The van der Waals surface area contributed by atoms with Crippen LogP contribution in [0.4, 0.5) is 0 Å². The van der Waals surface area contributed by atoms with E-state index in [-0.39, 0.29) is 30.9 Å². The van der Waals surface area contributed by atoms with Crippen molar-refractivity contribution in [1.82, 2.24) is 15.1 Å². The molecule has 134 valence electrons. The molecule has 0 aromatic carbocycles. The molecular formula is C17H27N3O3S. The molecule has 0 bridgehead atoms. The van der Waals surface area contributed by atoms with Crippen molar-refractivity contribution in [1.29, 1.82) is 0 Å². The number of hydrogen-bond donors (Lipinski definition) is 2. The summed E-state index contributed by atoms with van der Waals surface area (Å²) in [6.45, 7) is 6.56. The van der Waals surface area contributed by atoms with Crippen molar-refractivity contribution in [2.75, 3.05) is 26.2 Å². The van der Waals surface area contributed by atoms with Gasteiger partial charge in [-0.25, -0.2) is 0 Å². The molecule has 2 rings (SSSR count). The highest BCUT2D eigenvalue weighted by atomic mass is 32.1. The van der Waals surface area contributed by atoms with E-state index in [0.29, 0.717) is 26.1 Å². The molecule has 1 aliphatic rings. The summed E-state index contributed by atoms with van der Waals surface area (Å²) in [6, 6.07) is 3.68. The van der Waals surface area contributed by atoms with Gasteiger partial charge >= 0.3 is 0 Å². The van der Waals surface area contributed by atoms with E-state index in [2.05, 4.69) is 16.3 Å². The zero-order valence-electron chi connectivity index (χ0n) is 14.4. The number of hydrogen-bond acceptors (Lipinski definition) is 5. The van der Waals surface area contributed by atoms with Gasteiger partial charge in [-0.05, 0) is 31.7 Å². The molecule has 24 heavy (non-hydrogen) atoms. The van der Waals surface area contributed by atoms with Crippen molar-refractivity contribution in [2.24, 2.45) is 0 Å². The third-order valence-electron chi connectivity index (χ3n) is 4.25. The van der Waals surface area contributed by atoms with E-state index in [4.69, 9.17) is 5.11 Å². The van der Waals surface area contributed by atoms with Crippen LogP contribution in [-0.4, -0.2) is 65.0 Å². The molecule has 1 saturated heterocycles. The number of piperazine rings is 1. The summed E-state index contributed by atoms with van der Waals surface area (Å²) in [4.78, 5) is 30.0. The molecule has 1 fully saturated rings. The van der Waals surface area contributed by atoms with E-state index >= 15 is 0 Å². The molecule has 2 N–H and O–H groups in total. The minimum atomic E-state index is -0.427. The maximum Gasteiger partial charge on any atom is 0.237 e. The van der Waals surface area contributed by atoms with Crippen molar-refractivity contribution in [3.63, 3.8) is 0 Å². The largest absolute Gasteiger partial charge is 0.396 e. The fourth-order valence-corrected chi connectivity index (χ4v) is 3.70. The Morgan fingerprint density at radius 1 is 1.54 bits per heavy atom. The quantitative estimate of drug-likeness (QED) is 0.733. The number of aliphatic hydroxyl groups is 1. The molecule has 1 aromatic heterocycles. The summed E-state index contributed by atoms with van der Waals surface area (Å²) in [6.07, 6.45) is 0.737. The predicted molar refractivity (Wildman–Crippen MR) is 94.7 cm³/mol. The van der Waals surface area contributed by atoms with Gasteiger partial charge in [0.15, 0.2) is 0 Å². The SMILES string of the molecule is CC(C)N(CCCO)C(=O)C[C@@H]1C(=O)NCCN1Cc1cccs1. The molecule has 0 unspecified atom stereocenters. The standard InChI is InChI=1S/C17H27N3O3S/c1-13(2)20(7-4-9-21)16(22)11-15-17(23)18-6-8-19(15)12-14-5-3-10-24-14/h3,5,10,13,15,21H,4,6-9,11-12H2,1-2H3,(H,18,23)/t15-/m1/s1. The van der Waals surface area contributed by atoms with Crippen molar-refractivity contribution >= 4 is 23.2 Å². The van der Waals surface area contributed by atoms with Crippen LogP contribution in [-0.2, 0) is 16.1 Å². The summed E-state index contributed by atoms with van der Waals surface area (Å²) in [7, 11) is 0. The Hall–Kier alpha value is -1.44. The molecule has 0 radical (unpaired) electrons. The van der Waals surface area contributed by atoms with Crippen LogP contribution in [0.15, 0.2) is 17.5 Å². The third kappa shape index (κ3) is 5.03. The minimum Gasteiger partial charge on any atom is -0.396 e. The van der Waals surface area contributed by atoms with Crippen LogP contribution < -0.4 is 5.32 Å². The Bertz CT molecular complexity index is 533. The second-order valence-corrected chi connectivity index (χ2v) is 7.35. The first-order valence-electron chi connectivity index (χ1n) is 8.47. The second kappa shape index (κ2) is 9.15. The highest BCUT2D eigenvalue weighted by Gasteiger charge is 2.33. The zero-order valence-corrected chi connectivity index (χ0v) is 15.2. The van der Waals surface area contributed by atoms with Gasteiger partial charge in [-0.15, -0.1) is 11.3 Å². The predicted octanol–water partition coefficient (Wildman–Crippen LogP) is 1.06. The second-order valence-electron chi connectivity index (χ2n) is 6.32. The van der Waals surface area contributed by atoms with Crippen molar-refractivity contribution < 1.29 is 14.7 Å². The Morgan fingerprint density at radius 3 is 2.96 bits per heavy atom. The van der Waals surface area contributed by atoms with Gasteiger partial charge in [0.2, 0.25) is 11.8 Å². The van der Waals surface area contributed by atoms with E-state index in [1.54, 1.807) is 16.2 Å². The number of amides is 2. The van der Waals surface area contributed by atoms with Gasteiger partial charge in [-0.3, -0.25) is 14.5 Å². The highest BCUT2D eigenvalue weighted by molar-refractivity contribution is 7.09. The van der Waals surface area contributed by atoms with Gasteiger partial charge in [0, 0.05) is 43.7 Å². The van der Waals surface area contributed by atoms with Crippen LogP contribution in [0.25, 0.3) is 0 Å². The summed E-state index contributed by atoms with van der Waals surface area (Å²) < 4.78 is 0. The monoisotopic (exact) mass is 353 g/mol. The van der Waals surface area contributed by atoms with E-state index in [1.165, 1.54) is 4.88 Å². The zero-order chi connectivity index (χ0) is 17.5. The molecule has 1 aromatic rings. The van der Waals surface area contributed by atoms with Crippen molar-refractivity contribution in [3.05, 3.63) is 22.4 Å². The van der Waals surface area contributed by atoms with Crippen molar-refractivity contribution in [3.8, 4) is 0 Å². The number of rotatable bonds is 8. The van der Waals surface area contributed by atoms with Gasteiger partial charge in [-0.1, -0.05) is 6.07 Å². The summed E-state index contributed by atoms with van der Waals surface area (Å²) in [5.41, 5.74) is 0. The average Bonchev–Trinajstić information content (AvgIpc) is 3.04. The first-order valence-corrected chi connectivity index (χ1v) is 9.35. The molecule has 1 atom stereocenters. The molecular weight excluding hydrogens is 326 g/mol. The van der Waals surface area contributed by atoms with Gasteiger partial charge in [0.1, 0.15) is 0 Å². The first-order chi connectivity index (χ1) is 11.5. The van der Waals surface area contributed by atoms with Crippen LogP contribution in [0.5, 0.6) is 0 Å². The molecule has 0 saturated carbocycles. The number of nitrogens with zero attached hydrogens (tertiary/aromatic N) is 2. The minimum absolute atomic E-state index is 0.0309. The number of carbonyl (C=O) groups is 2. The highest BCUT2D eigenvalue weighted by Crippen LogP contribution is 2.18. The third-order valence-corrected chi connectivity index (χ3v) is 5.11. The van der Waals surface area contributed by atoms with Gasteiger partial charge in [-0.2, -0.15) is 0 Å². The van der Waals surface area contributed by atoms with Gasteiger partial charge in [0.25, 0.3) is 0 Å². The Kier molecular flexibility index (Phi) is 7.20. The van der Waals surface area contributed by atoms with Crippen LogP contribution in [0.1, 0.15) is 31.6 Å². The summed E-state index contributed by atoms with van der Waals surface area (Å²) >= 11 is 1.66. The van der Waals surface area contributed by atoms with E-state index in [0.717, 1.165) is 6.54 Å². The molecule has 6 nitrogen and oxygen atoms in total. The maximum atomic E-state index is 12.7. The Labute approximate surface area is 147 Å². The van der Waals surface area contributed by atoms with Crippen molar-refractivity contribution in [2.45, 2.75) is 45.3 Å². The Balaban J connectivity index is 2.04. The topological polar surface area (TPSA) is 72.9 Å². The van der Waals surface area contributed by atoms with Crippen LogP contribution >= 0.6 is 11.3 Å². The van der Waals surface area contributed by atoms with E-state index in [9.17, 15) is 9.59 Å². The lowest BCUT2D eigenvalue weighted by molar-refractivity contribution is -0.140. The Morgan fingerprint density at radius 2 is 2.33 bits per heavy atom. The molecule has 2 amide bonds. The first kappa shape index (κ1) is 18.9. The van der Waals surface area contributed by atoms with E-state index in [1.807, 2.05) is 25.3 Å². The number of thiophene rings is 1. The molecule has 2 heterocycles. The number of nitrogens with one attached hydrogen (secondary N) is 1. The maximum absolute atomic E-state index is 12.7. The molecule has 7 heteroatoms. The summed E-state index contributed by atoms with van der Waals surface area (Å²) in [5.74, 6) is -0.103. The lowest BCUT2D eigenvalue weighted by atomic mass is 10.1. The lowest BCUT2D eigenvalue weighted by Crippen LogP contribution is -2.56. The van der Waals surface area contributed by atoms with Crippen LogP contribution in [0.2, 0.25) is 0 Å². The smallest absolute Gasteiger partial charge is 0.237 e. The molecule has 0 spiro atoms. The fraction of sp³-hybridized carbons (Fsp3) is 0.647. The normalized spacial score (nSPS) is 18.7. The number of aliphatic hydroxyl groups excluding tert-OH is 1. The van der Waals surface area contributed by atoms with Crippen LogP contribution in [0, 0.1) is 0 Å². The molecule has 1 aliphatic heterocycles. The molecule has 0 aliphatic carbocycles. The fourth-order valence-electron chi connectivity index (χ4n) is 2.97. The van der Waals surface area contributed by atoms with E-state index < -0.39 is 6.04 Å². The summed E-state index contributed by atoms with van der Waals surface area (Å²) in [5, 5.41) is 13.9. The number of carbonyl (C=O) groups excluding carboxylic acids is 2. The lowest BCUT2D eigenvalue weighted by Gasteiger charge is -2.36. The van der Waals surface area contributed by atoms with Gasteiger partial charge < -0.3 is 15.3 Å². The van der Waals surface area contributed by atoms with Gasteiger partial charge in [0.05, 0.1) is 12.5 Å².